The number of nitro benzene ring substituents is 1. The van der Waals surface area contributed by atoms with Crippen LogP contribution >= 0.6 is 0 Å². The van der Waals surface area contributed by atoms with E-state index in [1.807, 2.05) is 12.2 Å². The Labute approximate surface area is 114 Å². The Morgan fingerprint density at radius 1 is 1.00 bits per heavy atom. The second-order valence-electron chi connectivity index (χ2n) is 4.94. The van der Waals surface area contributed by atoms with Gasteiger partial charge in [-0.1, -0.05) is 12.2 Å². The number of anilines is 1. The van der Waals surface area contributed by atoms with Gasteiger partial charge < -0.3 is 0 Å². The van der Waals surface area contributed by atoms with Crippen molar-refractivity contribution in [2.45, 2.75) is 12.8 Å². The molecule has 0 N–H and O–H groups in total. The van der Waals surface area contributed by atoms with Crippen molar-refractivity contribution in [2.24, 2.45) is 11.8 Å². The molecule has 1 saturated heterocycles. The van der Waals surface area contributed by atoms with Crippen LogP contribution in [0.1, 0.15) is 12.8 Å². The van der Waals surface area contributed by atoms with Gasteiger partial charge in [-0.2, -0.15) is 0 Å². The Bertz CT molecular complexity index is 595. The van der Waals surface area contributed by atoms with E-state index in [1.165, 1.54) is 24.3 Å². The molecule has 6 heteroatoms. The Morgan fingerprint density at radius 3 is 1.95 bits per heavy atom. The molecule has 20 heavy (non-hydrogen) atoms. The third-order valence-corrected chi connectivity index (χ3v) is 3.83. The molecule has 2 aliphatic rings. The van der Waals surface area contributed by atoms with Crippen LogP contribution in [0.4, 0.5) is 11.4 Å². The lowest BCUT2D eigenvalue weighted by molar-refractivity contribution is -0.384. The van der Waals surface area contributed by atoms with Crippen LogP contribution in [-0.2, 0) is 9.59 Å². The molecule has 102 valence electrons. The van der Waals surface area contributed by atoms with E-state index >= 15 is 0 Å². The molecule has 1 aromatic rings. The zero-order chi connectivity index (χ0) is 14.3. The number of hydrogen-bond acceptors (Lipinski definition) is 4. The van der Waals surface area contributed by atoms with Crippen molar-refractivity contribution >= 4 is 23.2 Å². The summed E-state index contributed by atoms with van der Waals surface area (Å²) in [7, 11) is 0. The minimum atomic E-state index is -0.513. The van der Waals surface area contributed by atoms with Crippen molar-refractivity contribution in [3.05, 3.63) is 46.5 Å². The van der Waals surface area contributed by atoms with Gasteiger partial charge in [-0.25, -0.2) is 0 Å². The summed E-state index contributed by atoms with van der Waals surface area (Å²) in [5, 5.41) is 10.6. The lowest BCUT2D eigenvalue weighted by Crippen LogP contribution is -2.30. The molecule has 0 aromatic heterocycles. The second-order valence-corrected chi connectivity index (χ2v) is 4.94. The fourth-order valence-electron chi connectivity index (χ4n) is 2.78. The normalized spacial score (nSPS) is 24.9. The molecular weight excluding hydrogens is 260 g/mol. The molecule has 2 atom stereocenters. The summed E-state index contributed by atoms with van der Waals surface area (Å²) in [6.07, 6.45) is 5.01. The van der Waals surface area contributed by atoms with Gasteiger partial charge in [0.25, 0.3) is 5.69 Å². The predicted molar refractivity (Wildman–Crippen MR) is 70.9 cm³/mol. The fourth-order valence-corrected chi connectivity index (χ4v) is 2.78. The van der Waals surface area contributed by atoms with Crippen molar-refractivity contribution in [1.82, 2.24) is 0 Å². The maximum absolute atomic E-state index is 12.3. The van der Waals surface area contributed by atoms with Crippen molar-refractivity contribution in [1.29, 1.82) is 0 Å². The topological polar surface area (TPSA) is 80.5 Å². The van der Waals surface area contributed by atoms with Crippen molar-refractivity contribution < 1.29 is 14.5 Å². The highest BCUT2D eigenvalue weighted by atomic mass is 16.6. The molecule has 1 fully saturated rings. The number of amides is 2. The van der Waals surface area contributed by atoms with Gasteiger partial charge in [-0.15, -0.1) is 0 Å². The van der Waals surface area contributed by atoms with Crippen LogP contribution in [0.5, 0.6) is 0 Å². The Hall–Kier alpha value is -2.50. The summed E-state index contributed by atoms with van der Waals surface area (Å²) in [6.45, 7) is 0. The van der Waals surface area contributed by atoms with E-state index < -0.39 is 4.92 Å². The van der Waals surface area contributed by atoms with Gasteiger partial charge in [0, 0.05) is 12.1 Å². The molecule has 3 rings (SSSR count). The number of non-ortho nitro benzene ring substituents is 1. The van der Waals surface area contributed by atoms with Crippen LogP contribution in [0.25, 0.3) is 0 Å². The van der Waals surface area contributed by atoms with E-state index in [2.05, 4.69) is 0 Å². The Morgan fingerprint density at radius 2 is 1.50 bits per heavy atom. The first-order chi connectivity index (χ1) is 9.59. The first kappa shape index (κ1) is 12.5. The summed E-state index contributed by atoms with van der Waals surface area (Å²) in [4.78, 5) is 35.9. The van der Waals surface area contributed by atoms with E-state index in [9.17, 15) is 19.7 Å². The third kappa shape index (κ3) is 1.80. The predicted octanol–water partition coefficient (Wildman–Crippen LogP) is 2.05. The van der Waals surface area contributed by atoms with Crippen molar-refractivity contribution in [2.75, 3.05) is 4.90 Å². The number of rotatable bonds is 2. The average molecular weight is 272 g/mol. The minimum Gasteiger partial charge on any atom is -0.274 e. The van der Waals surface area contributed by atoms with Gasteiger partial charge in [-0.3, -0.25) is 24.6 Å². The molecule has 1 aliphatic carbocycles. The van der Waals surface area contributed by atoms with E-state index in [1.54, 1.807) is 0 Å². The molecule has 6 nitrogen and oxygen atoms in total. The van der Waals surface area contributed by atoms with E-state index in [-0.39, 0.29) is 29.3 Å². The number of nitro groups is 1. The summed E-state index contributed by atoms with van der Waals surface area (Å²) >= 11 is 0. The molecule has 0 unspecified atom stereocenters. The number of imide groups is 1. The Balaban J connectivity index is 1.92. The van der Waals surface area contributed by atoms with Gasteiger partial charge in [-0.05, 0) is 25.0 Å². The highest BCUT2D eigenvalue weighted by Gasteiger charge is 2.47. The molecule has 0 bridgehead atoms. The summed E-state index contributed by atoms with van der Waals surface area (Å²) in [5.41, 5.74) is 0.340. The van der Waals surface area contributed by atoms with Crippen LogP contribution < -0.4 is 4.90 Å². The highest BCUT2D eigenvalue weighted by molar-refractivity contribution is 6.22. The molecule has 0 spiro atoms. The van der Waals surface area contributed by atoms with Gasteiger partial charge >= 0.3 is 0 Å². The van der Waals surface area contributed by atoms with Gasteiger partial charge in [0.1, 0.15) is 0 Å². The minimum absolute atomic E-state index is 0.0630. The second kappa shape index (κ2) is 4.56. The summed E-state index contributed by atoms with van der Waals surface area (Å²) in [5.74, 6) is -0.998. The SMILES string of the molecule is O=C1[C@H]2CC=CC[C@@H]2C(=O)N1c1ccc([N+](=O)[O-])cc1. The number of hydrogen-bond donors (Lipinski definition) is 0. The van der Waals surface area contributed by atoms with Crippen LogP contribution in [-0.4, -0.2) is 16.7 Å². The standard InChI is InChI=1S/C14H12N2O4/c17-13-11-3-1-2-4-12(11)14(18)15(13)9-5-7-10(8-6-9)16(19)20/h1-2,5-8,11-12H,3-4H2/t11-,12-/m0/s1. The largest absolute Gasteiger partial charge is 0.274 e. The maximum atomic E-state index is 12.3. The van der Waals surface area contributed by atoms with Crippen LogP contribution in [0.2, 0.25) is 0 Å². The monoisotopic (exact) mass is 272 g/mol. The van der Waals surface area contributed by atoms with Crippen LogP contribution in [0.3, 0.4) is 0 Å². The number of fused-ring (bicyclic) bond motifs is 1. The summed E-state index contributed by atoms with van der Waals surface area (Å²) in [6, 6.07) is 5.49. The quantitative estimate of drug-likeness (QED) is 0.357. The average Bonchev–Trinajstić information content (AvgIpc) is 2.72. The van der Waals surface area contributed by atoms with Crippen LogP contribution in [0, 0.1) is 22.0 Å². The van der Waals surface area contributed by atoms with Crippen LogP contribution in [0.15, 0.2) is 36.4 Å². The number of benzene rings is 1. The molecule has 1 aliphatic heterocycles. The molecule has 2 amide bonds. The molecular formula is C14H12N2O4. The van der Waals surface area contributed by atoms with Crippen molar-refractivity contribution in [3.63, 3.8) is 0 Å². The lowest BCUT2D eigenvalue weighted by atomic mass is 9.85. The maximum Gasteiger partial charge on any atom is 0.269 e. The lowest BCUT2D eigenvalue weighted by Gasteiger charge is -2.14. The molecule has 1 heterocycles. The molecule has 0 saturated carbocycles. The van der Waals surface area contributed by atoms with Crippen molar-refractivity contribution in [3.8, 4) is 0 Å². The van der Waals surface area contributed by atoms with E-state index in [4.69, 9.17) is 0 Å². The number of nitrogens with zero attached hydrogens (tertiary/aromatic N) is 2. The number of allylic oxidation sites excluding steroid dienone is 2. The first-order valence-corrected chi connectivity index (χ1v) is 6.37. The van der Waals surface area contributed by atoms with E-state index in [0.717, 1.165) is 4.90 Å². The zero-order valence-corrected chi connectivity index (χ0v) is 10.6. The Kier molecular flexibility index (Phi) is 2.85. The smallest absolute Gasteiger partial charge is 0.269 e. The van der Waals surface area contributed by atoms with E-state index in [0.29, 0.717) is 18.5 Å². The number of carbonyl (C=O) groups is 2. The van der Waals surface area contributed by atoms with Gasteiger partial charge in [0.05, 0.1) is 22.4 Å². The number of carbonyl (C=O) groups excluding carboxylic acids is 2. The summed E-state index contributed by atoms with van der Waals surface area (Å²) < 4.78 is 0. The van der Waals surface area contributed by atoms with Gasteiger partial charge in [0.2, 0.25) is 11.8 Å². The van der Waals surface area contributed by atoms with Gasteiger partial charge in [0.15, 0.2) is 0 Å². The highest BCUT2D eigenvalue weighted by Crippen LogP contribution is 2.37. The third-order valence-electron chi connectivity index (χ3n) is 3.83. The molecule has 0 radical (unpaired) electrons. The first-order valence-electron chi connectivity index (χ1n) is 6.37. The molecule has 1 aromatic carbocycles. The fraction of sp³-hybridized carbons (Fsp3) is 0.286. The zero-order valence-electron chi connectivity index (χ0n) is 10.6.